The SMILES string of the molecule is COCCN1CCn2c(c(Br)c3c(NC(=O)OC(C)(C)C)cc(Cl)c(Cl)c32)C1=O. The highest BCUT2D eigenvalue weighted by Gasteiger charge is 2.32. The zero-order valence-corrected chi connectivity index (χ0v) is 19.7. The molecule has 2 heterocycles. The van der Waals surface area contributed by atoms with Gasteiger partial charge < -0.3 is 18.9 Å². The van der Waals surface area contributed by atoms with Gasteiger partial charge in [-0.1, -0.05) is 23.2 Å². The molecule has 1 N–H and O–H groups in total. The molecule has 10 heteroatoms. The van der Waals surface area contributed by atoms with Crippen molar-refractivity contribution in [3.05, 3.63) is 26.3 Å². The second kappa shape index (κ2) is 8.34. The Morgan fingerprint density at radius 3 is 2.62 bits per heavy atom. The van der Waals surface area contributed by atoms with Crippen LogP contribution in [-0.2, 0) is 16.0 Å². The van der Waals surface area contributed by atoms with Gasteiger partial charge in [0.2, 0.25) is 0 Å². The molecule has 0 fully saturated rings. The van der Waals surface area contributed by atoms with Crippen LogP contribution in [0, 0.1) is 0 Å². The number of aromatic nitrogens is 1. The summed E-state index contributed by atoms with van der Waals surface area (Å²) >= 11 is 16.4. The summed E-state index contributed by atoms with van der Waals surface area (Å²) in [5.41, 5.74) is 0.799. The molecule has 3 rings (SSSR count). The van der Waals surface area contributed by atoms with Crippen molar-refractivity contribution in [3.63, 3.8) is 0 Å². The van der Waals surface area contributed by atoms with Crippen LogP contribution < -0.4 is 5.32 Å². The Balaban J connectivity index is 2.11. The van der Waals surface area contributed by atoms with Gasteiger partial charge in [0.05, 0.1) is 32.3 Å². The fourth-order valence-corrected chi connectivity index (χ4v) is 4.50. The van der Waals surface area contributed by atoms with Crippen LogP contribution in [-0.4, -0.2) is 53.9 Å². The highest BCUT2D eigenvalue weighted by molar-refractivity contribution is 9.10. The van der Waals surface area contributed by atoms with Crippen molar-refractivity contribution < 1.29 is 19.1 Å². The van der Waals surface area contributed by atoms with Crippen molar-refractivity contribution in [2.75, 3.05) is 32.1 Å². The molecular weight excluding hydrogens is 485 g/mol. The van der Waals surface area contributed by atoms with Crippen molar-refractivity contribution in [3.8, 4) is 0 Å². The first kappa shape index (κ1) is 22.2. The summed E-state index contributed by atoms with van der Waals surface area (Å²) in [6, 6.07) is 1.56. The molecule has 0 atom stereocenters. The second-order valence-corrected chi connectivity index (χ2v) is 9.25. The number of hydrogen-bond acceptors (Lipinski definition) is 4. The molecular formula is C19H22BrCl2N3O4. The van der Waals surface area contributed by atoms with Crippen molar-refractivity contribution in [1.82, 2.24) is 9.47 Å². The van der Waals surface area contributed by atoms with Crippen LogP contribution in [0.3, 0.4) is 0 Å². The summed E-state index contributed by atoms with van der Waals surface area (Å²) in [5.74, 6) is -0.146. The monoisotopic (exact) mass is 505 g/mol. The topological polar surface area (TPSA) is 72.8 Å². The Morgan fingerprint density at radius 2 is 2.00 bits per heavy atom. The largest absolute Gasteiger partial charge is 0.444 e. The summed E-state index contributed by atoms with van der Waals surface area (Å²) in [7, 11) is 1.59. The third-order valence-corrected chi connectivity index (χ3v) is 6.00. The normalized spacial score (nSPS) is 14.3. The minimum absolute atomic E-state index is 0.146. The molecule has 1 aromatic heterocycles. The van der Waals surface area contributed by atoms with E-state index < -0.39 is 11.7 Å². The molecule has 0 unspecified atom stereocenters. The summed E-state index contributed by atoms with van der Waals surface area (Å²) in [5, 5.41) is 3.92. The van der Waals surface area contributed by atoms with E-state index in [0.717, 1.165) is 0 Å². The lowest BCUT2D eigenvalue weighted by Crippen LogP contribution is -2.41. The molecule has 1 aliphatic rings. The first-order chi connectivity index (χ1) is 13.5. The van der Waals surface area contributed by atoms with Crippen LogP contribution >= 0.6 is 39.1 Å². The van der Waals surface area contributed by atoms with E-state index in [4.69, 9.17) is 32.7 Å². The van der Waals surface area contributed by atoms with E-state index in [-0.39, 0.29) is 10.9 Å². The van der Waals surface area contributed by atoms with Crippen molar-refractivity contribution in [2.24, 2.45) is 0 Å². The van der Waals surface area contributed by atoms with Crippen LogP contribution in [0.15, 0.2) is 10.5 Å². The van der Waals surface area contributed by atoms with Crippen molar-refractivity contribution in [1.29, 1.82) is 0 Å². The predicted molar refractivity (Wildman–Crippen MR) is 117 cm³/mol. The zero-order chi connectivity index (χ0) is 21.5. The lowest BCUT2D eigenvalue weighted by molar-refractivity contribution is 0.0631. The Bertz CT molecular complexity index is 984. The van der Waals surface area contributed by atoms with Crippen molar-refractivity contribution in [2.45, 2.75) is 32.9 Å². The van der Waals surface area contributed by atoms with Crippen LogP contribution in [0.2, 0.25) is 10.0 Å². The maximum Gasteiger partial charge on any atom is 0.412 e. The molecule has 0 saturated carbocycles. The summed E-state index contributed by atoms with van der Waals surface area (Å²) in [6.45, 7) is 7.32. The van der Waals surface area contributed by atoms with Crippen LogP contribution in [0.1, 0.15) is 31.3 Å². The maximum atomic E-state index is 13.1. The smallest absolute Gasteiger partial charge is 0.412 e. The standard InChI is InChI=1S/C19H22BrCl2N3O4/c1-19(2,3)29-18(27)23-11-9-10(21)14(22)15-12(11)13(20)16-17(26)24(7-8-28-4)5-6-25(15)16/h9H,5-8H2,1-4H3,(H,23,27). The number of methoxy groups -OCH3 is 1. The predicted octanol–water partition coefficient (Wildman–Crippen LogP) is 5.16. The van der Waals surface area contributed by atoms with Gasteiger partial charge in [-0.15, -0.1) is 0 Å². The van der Waals surface area contributed by atoms with E-state index in [9.17, 15) is 9.59 Å². The van der Waals surface area contributed by atoms with Gasteiger partial charge >= 0.3 is 6.09 Å². The third-order valence-electron chi connectivity index (χ3n) is 4.45. The summed E-state index contributed by atoms with van der Waals surface area (Å²) in [6.07, 6.45) is -0.624. The van der Waals surface area contributed by atoms with E-state index >= 15 is 0 Å². The number of nitrogens with zero attached hydrogens (tertiary/aromatic N) is 2. The molecule has 29 heavy (non-hydrogen) atoms. The van der Waals surface area contributed by atoms with Gasteiger partial charge in [-0.2, -0.15) is 0 Å². The molecule has 2 aromatic rings. The number of hydrogen-bond donors (Lipinski definition) is 1. The quantitative estimate of drug-likeness (QED) is 0.621. The Hall–Kier alpha value is -1.48. The molecule has 1 aromatic carbocycles. The third kappa shape index (κ3) is 4.35. The van der Waals surface area contributed by atoms with E-state index in [2.05, 4.69) is 21.2 Å². The van der Waals surface area contributed by atoms with Gasteiger partial charge in [-0.3, -0.25) is 10.1 Å². The van der Waals surface area contributed by atoms with E-state index in [1.54, 1.807) is 38.8 Å². The number of amides is 2. The molecule has 0 spiro atoms. The minimum Gasteiger partial charge on any atom is -0.444 e. The number of halogens is 3. The van der Waals surface area contributed by atoms with Crippen molar-refractivity contribution >= 4 is 67.7 Å². The Morgan fingerprint density at radius 1 is 1.31 bits per heavy atom. The molecule has 7 nitrogen and oxygen atoms in total. The van der Waals surface area contributed by atoms with Gasteiger partial charge in [-0.05, 0) is 42.8 Å². The number of anilines is 1. The first-order valence-corrected chi connectivity index (χ1v) is 10.6. The highest BCUT2D eigenvalue weighted by Crippen LogP contribution is 2.44. The number of benzene rings is 1. The maximum absolute atomic E-state index is 13.1. The minimum atomic E-state index is -0.658. The summed E-state index contributed by atoms with van der Waals surface area (Å²) in [4.78, 5) is 27.1. The van der Waals surface area contributed by atoms with Gasteiger partial charge in [0.25, 0.3) is 5.91 Å². The average molecular weight is 507 g/mol. The van der Waals surface area contributed by atoms with Gasteiger partial charge in [0, 0.05) is 32.1 Å². The lowest BCUT2D eigenvalue weighted by Gasteiger charge is -2.28. The number of fused-ring (bicyclic) bond motifs is 3. The lowest BCUT2D eigenvalue weighted by atomic mass is 10.2. The average Bonchev–Trinajstić information content (AvgIpc) is 2.91. The second-order valence-electron chi connectivity index (χ2n) is 7.67. The molecule has 0 saturated heterocycles. The molecule has 1 aliphatic heterocycles. The van der Waals surface area contributed by atoms with Gasteiger partial charge in [0.15, 0.2) is 0 Å². The Kier molecular flexibility index (Phi) is 6.38. The van der Waals surface area contributed by atoms with Crippen LogP contribution in [0.4, 0.5) is 10.5 Å². The van der Waals surface area contributed by atoms with Crippen LogP contribution in [0.25, 0.3) is 10.9 Å². The van der Waals surface area contributed by atoms with E-state index in [1.807, 2.05) is 4.57 Å². The fourth-order valence-electron chi connectivity index (χ4n) is 3.27. The van der Waals surface area contributed by atoms with Crippen LogP contribution in [0.5, 0.6) is 0 Å². The first-order valence-electron chi connectivity index (χ1n) is 9.03. The highest BCUT2D eigenvalue weighted by atomic mass is 79.9. The van der Waals surface area contributed by atoms with E-state index in [1.165, 1.54) is 0 Å². The summed E-state index contributed by atoms with van der Waals surface area (Å²) < 4.78 is 12.8. The number of ether oxygens (including phenoxy) is 2. The number of nitrogens with one attached hydrogen (secondary N) is 1. The molecule has 0 bridgehead atoms. The van der Waals surface area contributed by atoms with Gasteiger partial charge in [-0.25, -0.2) is 4.79 Å². The van der Waals surface area contributed by atoms with Gasteiger partial charge in [0.1, 0.15) is 11.3 Å². The molecule has 0 aliphatic carbocycles. The Labute approximate surface area is 187 Å². The van der Waals surface area contributed by atoms with E-state index in [0.29, 0.717) is 58.0 Å². The fraction of sp³-hybridized carbons (Fsp3) is 0.474. The number of carbonyl (C=O) groups excluding carboxylic acids is 2. The number of carbonyl (C=O) groups is 2. The molecule has 158 valence electrons. The number of rotatable bonds is 4. The zero-order valence-electron chi connectivity index (χ0n) is 16.6. The molecule has 2 amide bonds. The molecule has 0 radical (unpaired) electrons.